The summed E-state index contributed by atoms with van der Waals surface area (Å²) < 4.78 is 5.88. The van der Waals surface area contributed by atoms with E-state index in [2.05, 4.69) is 10.6 Å². The largest absolute Gasteiger partial charge is 0.455 e. The lowest BCUT2D eigenvalue weighted by Gasteiger charge is -2.20. The van der Waals surface area contributed by atoms with Crippen LogP contribution in [0.4, 0.5) is 5.69 Å². The molecule has 29 heavy (non-hydrogen) atoms. The normalized spacial score (nSPS) is 10.9. The van der Waals surface area contributed by atoms with Gasteiger partial charge in [0.2, 0.25) is 0 Å². The van der Waals surface area contributed by atoms with Crippen LogP contribution < -0.4 is 15.4 Å². The highest BCUT2D eigenvalue weighted by Gasteiger charge is 2.16. The molecule has 0 saturated carbocycles. The van der Waals surface area contributed by atoms with Gasteiger partial charge in [-0.3, -0.25) is 9.59 Å². The minimum atomic E-state index is -0.324. The maximum atomic E-state index is 12.7. The van der Waals surface area contributed by atoms with Crippen LogP contribution in [0, 0.1) is 0 Å². The maximum absolute atomic E-state index is 12.7. The molecule has 0 saturated heterocycles. The van der Waals surface area contributed by atoms with Crippen LogP contribution in [0.3, 0.4) is 0 Å². The van der Waals surface area contributed by atoms with Crippen molar-refractivity contribution in [3.63, 3.8) is 0 Å². The third-order valence-corrected chi connectivity index (χ3v) is 4.00. The fourth-order valence-electron chi connectivity index (χ4n) is 2.65. The Bertz CT molecular complexity index is 991. The number of carbonyl (C=O) groups is 2. The number of hydrogen-bond donors (Lipinski definition) is 2. The molecule has 3 rings (SSSR count). The van der Waals surface area contributed by atoms with Gasteiger partial charge >= 0.3 is 0 Å². The molecule has 2 N–H and O–H groups in total. The first-order valence-corrected chi connectivity index (χ1v) is 9.38. The van der Waals surface area contributed by atoms with Crippen LogP contribution in [-0.2, 0) is 0 Å². The van der Waals surface area contributed by atoms with Gasteiger partial charge in [0.1, 0.15) is 5.75 Å². The number of carbonyl (C=O) groups excluding carboxylic acids is 2. The lowest BCUT2D eigenvalue weighted by atomic mass is 10.1. The zero-order valence-electron chi connectivity index (χ0n) is 16.7. The highest BCUT2D eigenvalue weighted by Crippen LogP contribution is 2.29. The average Bonchev–Trinajstić information content (AvgIpc) is 2.69. The number of benzene rings is 3. The Balaban J connectivity index is 1.72. The Morgan fingerprint density at radius 1 is 0.724 bits per heavy atom. The van der Waals surface area contributed by atoms with Gasteiger partial charge in [0.05, 0.1) is 5.69 Å². The number of ether oxygens (including phenoxy) is 1. The maximum Gasteiger partial charge on any atom is 0.255 e. The predicted octanol–water partition coefficient (Wildman–Crippen LogP) is 5.26. The molecule has 3 aromatic rings. The molecule has 0 spiro atoms. The minimum Gasteiger partial charge on any atom is -0.455 e. The van der Waals surface area contributed by atoms with E-state index >= 15 is 0 Å². The Hall–Kier alpha value is -3.60. The van der Waals surface area contributed by atoms with Gasteiger partial charge in [-0.2, -0.15) is 0 Å². The second kappa shape index (κ2) is 8.61. The second-order valence-electron chi connectivity index (χ2n) is 7.65. The second-order valence-corrected chi connectivity index (χ2v) is 7.65. The molecular weight excluding hydrogens is 364 g/mol. The summed E-state index contributed by atoms with van der Waals surface area (Å²) in [5.74, 6) is 0.777. The zero-order chi connectivity index (χ0) is 20.9. The molecule has 0 fully saturated rings. The van der Waals surface area contributed by atoms with E-state index in [9.17, 15) is 9.59 Å². The monoisotopic (exact) mass is 388 g/mol. The van der Waals surface area contributed by atoms with Gasteiger partial charge < -0.3 is 15.4 Å². The molecule has 0 aromatic heterocycles. The van der Waals surface area contributed by atoms with Crippen LogP contribution in [0.1, 0.15) is 41.5 Å². The number of para-hydroxylation sites is 3. The van der Waals surface area contributed by atoms with E-state index in [0.29, 0.717) is 28.3 Å². The molecule has 0 aliphatic heterocycles. The summed E-state index contributed by atoms with van der Waals surface area (Å²) in [6, 6.07) is 23.2. The molecule has 3 aromatic carbocycles. The molecule has 0 atom stereocenters. The minimum absolute atomic E-state index is 0.175. The SMILES string of the molecule is CC(C)(C)NC(=O)c1ccc(C(=O)Nc2ccccc2Oc2ccccc2)cc1. The predicted molar refractivity (Wildman–Crippen MR) is 115 cm³/mol. The zero-order valence-corrected chi connectivity index (χ0v) is 16.7. The average molecular weight is 388 g/mol. The first-order valence-electron chi connectivity index (χ1n) is 9.38. The molecule has 0 aliphatic rings. The van der Waals surface area contributed by atoms with Crippen molar-refractivity contribution in [2.24, 2.45) is 0 Å². The lowest BCUT2D eigenvalue weighted by molar-refractivity contribution is 0.0918. The number of hydrogen-bond acceptors (Lipinski definition) is 3. The van der Waals surface area contributed by atoms with Gasteiger partial charge in [0, 0.05) is 16.7 Å². The van der Waals surface area contributed by atoms with Gasteiger partial charge in [0.15, 0.2) is 5.75 Å². The smallest absolute Gasteiger partial charge is 0.255 e. The van der Waals surface area contributed by atoms with E-state index in [1.165, 1.54) is 0 Å². The Morgan fingerprint density at radius 3 is 1.90 bits per heavy atom. The standard InChI is InChI=1S/C24H24N2O3/c1-24(2,3)26-23(28)18-15-13-17(14-16-18)22(27)25-20-11-7-8-12-21(20)29-19-9-5-4-6-10-19/h4-16H,1-3H3,(H,25,27)(H,26,28). The molecule has 0 bridgehead atoms. The van der Waals surface area contributed by atoms with E-state index in [0.717, 1.165) is 0 Å². The van der Waals surface area contributed by atoms with Crippen LogP contribution in [0.15, 0.2) is 78.9 Å². The topological polar surface area (TPSA) is 67.4 Å². The fourth-order valence-corrected chi connectivity index (χ4v) is 2.65. The van der Waals surface area contributed by atoms with E-state index in [1.54, 1.807) is 36.4 Å². The molecule has 0 unspecified atom stereocenters. The molecule has 0 radical (unpaired) electrons. The summed E-state index contributed by atoms with van der Waals surface area (Å²) in [5.41, 5.74) is 1.20. The molecule has 0 aliphatic carbocycles. The van der Waals surface area contributed by atoms with Gasteiger partial charge in [-0.15, -0.1) is 0 Å². The van der Waals surface area contributed by atoms with E-state index in [1.807, 2.05) is 63.2 Å². The molecular formula is C24H24N2O3. The van der Waals surface area contributed by atoms with Gasteiger partial charge in [0.25, 0.3) is 11.8 Å². The number of nitrogens with one attached hydrogen (secondary N) is 2. The molecule has 2 amide bonds. The molecule has 148 valence electrons. The van der Waals surface area contributed by atoms with Crippen molar-refractivity contribution in [2.45, 2.75) is 26.3 Å². The molecule has 5 nitrogen and oxygen atoms in total. The Kier molecular flexibility index (Phi) is 5.98. The van der Waals surface area contributed by atoms with Crippen molar-refractivity contribution in [3.8, 4) is 11.5 Å². The van der Waals surface area contributed by atoms with Crippen molar-refractivity contribution >= 4 is 17.5 Å². The van der Waals surface area contributed by atoms with Crippen molar-refractivity contribution in [1.29, 1.82) is 0 Å². The van der Waals surface area contributed by atoms with E-state index in [4.69, 9.17) is 4.74 Å². The molecule has 0 heterocycles. The number of amides is 2. The van der Waals surface area contributed by atoms with Crippen LogP contribution in [0.2, 0.25) is 0 Å². The third kappa shape index (κ3) is 5.69. The van der Waals surface area contributed by atoms with Gasteiger partial charge in [-0.05, 0) is 69.3 Å². The van der Waals surface area contributed by atoms with Crippen LogP contribution in [-0.4, -0.2) is 17.4 Å². The quantitative estimate of drug-likeness (QED) is 0.626. The van der Waals surface area contributed by atoms with Crippen molar-refractivity contribution in [3.05, 3.63) is 90.0 Å². The van der Waals surface area contributed by atoms with Crippen LogP contribution in [0.25, 0.3) is 0 Å². The lowest BCUT2D eigenvalue weighted by Crippen LogP contribution is -2.40. The molecule has 5 heteroatoms. The van der Waals surface area contributed by atoms with Crippen molar-refractivity contribution in [2.75, 3.05) is 5.32 Å². The van der Waals surface area contributed by atoms with Crippen LogP contribution in [0.5, 0.6) is 11.5 Å². The first kappa shape index (κ1) is 20.1. The number of rotatable bonds is 5. The highest BCUT2D eigenvalue weighted by molar-refractivity contribution is 6.05. The third-order valence-electron chi connectivity index (χ3n) is 4.00. The Morgan fingerprint density at radius 2 is 1.28 bits per heavy atom. The van der Waals surface area contributed by atoms with Crippen LogP contribution >= 0.6 is 0 Å². The number of anilines is 1. The first-order chi connectivity index (χ1) is 13.8. The fraction of sp³-hybridized carbons (Fsp3) is 0.167. The Labute approximate surface area is 170 Å². The van der Waals surface area contributed by atoms with E-state index < -0.39 is 0 Å². The summed E-state index contributed by atoms with van der Waals surface area (Å²) in [6.45, 7) is 5.75. The highest BCUT2D eigenvalue weighted by atomic mass is 16.5. The summed E-state index contributed by atoms with van der Waals surface area (Å²) in [7, 11) is 0. The van der Waals surface area contributed by atoms with E-state index in [-0.39, 0.29) is 17.4 Å². The summed E-state index contributed by atoms with van der Waals surface area (Å²) in [5, 5.41) is 5.77. The summed E-state index contributed by atoms with van der Waals surface area (Å²) in [6.07, 6.45) is 0. The summed E-state index contributed by atoms with van der Waals surface area (Å²) >= 11 is 0. The summed E-state index contributed by atoms with van der Waals surface area (Å²) in [4.78, 5) is 24.9. The van der Waals surface area contributed by atoms with Crippen molar-refractivity contribution in [1.82, 2.24) is 5.32 Å². The van der Waals surface area contributed by atoms with Gasteiger partial charge in [-0.25, -0.2) is 0 Å². The van der Waals surface area contributed by atoms with Gasteiger partial charge in [-0.1, -0.05) is 30.3 Å². The van der Waals surface area contributed by atoms with Crippen molar-refractivity contribution < 1.29 is 14.3 Å².